The van der Waals surface area contributed by atoms with Crippen molar-refractivity contribution in [2.24, 2.45) is 11.7 Å². The van der Waals surface area contributed by atoms with Crippen molar-refractivity contribution in [3.63, 3.8) is 0 Å². The van der Waals surface area contributed by atoms with Crippen LogP contribution in [-0.4, -0.2) is 19.0 Å². The van der Waals surface area contributed by atoms with E-state index in [-0.39, 0.29) is 5.91 Å². The van der Waals surface area contributed by atoms with Crippen LogP contribution in [0.2, 0.25) is 0 Å². The SMILES string of the molecule is CCCC(CCN)CNC(=O)c1ccccc1. The molecule has 0 fully saturated rings. The molecule has 0 saturated carbocycles. The van der Waals surface area contributed by atoms with Gasteiger partial charge in [-0.1, -0.05) is 31.5 Å². The summed E-state index contributed by atoms with van der Waals surface area (Å²) in [7, 11) is 0. The lowest BCUT2D eigenvalue weighted by atomic mass is 10.00. The van der Waals surface area contributed by atoms with Gasteiger partial charge >= 0.3 is 0 Å². The average Bonchev–Trinajstić information content (AvgIpc) is 2.37. The maximum absolute atomic E-state index is 11.8. The number of benzene rings is 1. The van der Waals surface area contributed by atoms with Gasteiger partial charge < -0.3 is 11.1 Å². The van der Waals surface area contributed by atoms with Crippen molar-refractivity contribution >= 4 is 5.91 Å². The minimum Gasteiger partial charge on any atom is -0.352 e. The summed E-state index contributed by atoms with van der Waals surface area (Å²) in [6.45, 7) is 3.56. The largest absolute Gasteiger partial charge is 0.352 e. The van der Waals surface area contributed by atoms with E-state index < -0.39 is 0 Å². The molecule has 0 aromatic heterocycles. The minimum absolute atomic E-state index is 0.00345. The number of nitrogens with two attached hydrogens (primary N) is 1. The van der Waals surface area contributed by atoms with Gasteiger partial charge in [-0.2, -0.15) is 0 Å². The summed E-state index contributed by atoms with van der Waals surface area (Å²) in [5.41, 5.74) is 6.28. The number of carbonyl (C=O) groups is 1. The Morgan fingerprint density at radius 2 is 2.00 bits per heavy atom. The first-order valence-electron chi connectivity index (χ1n) is 6.31. The Bertz CT molecular complexity index is 318. The van der Waals surface area contributed by atoms with Crippen LogP contribution < -0.4 is 11.1 Å². The van der Waals surface area contributed by atoms with Gasteiger partial charge in [-0.05, 0) is 37.4 Å². The van der Waals surface area contributed by atoms with Crippen molar-refractivity contribution in [2.75, 3.05) is 13.1 Å². The lowest BCUT2D eigenvalue weighted by molar-refractivity contribution is 0.0945. The molecule has 1 aromatic rings. The fourth-order valence-electron chi connectivity index (χ4n) is 1.92. The van der Waals surface area contributed by atoms with Gasteiger partial charge in [0.15, 0.2) is 0 Å². The van der Waals surface area contributed by atoms with Crippen molar-refractivity contribution in [2.45, 2.75) is 26.2 Å². The third-order valence-electron chi connectivity index (χ3n) is 2.86. The summed E-state index contributed by atoms with van der Waals surface area (Å²) < 4.78 is 0. The summed E-state index contributed by atoms with van der Waals surface area (Å²) in [4.78, 5) is 11.8. The van der Waals surface area contributed by atoms with Crippen LogP contribution >= 0.6 is 0 Å². The van der Waals surface area contributed by atoms with Gasteiger partial charge in [0, 0.05) is 12.1 Å². The minimum atomic E-state index is 0.00345. The first-order valence-corrected chi connectivity index (χ1v) is 6.31. The van der Waals surface area contributed by atoms with E-state index in [1.807, 2.05) is 30.3 Å². The van der Waals surface area contributed by atoms with E-state index in [1.54, 1.807) is 0 Å². The molecule has 0 radical (unpaired) electrons. The molecule has 1 amide bonds. The van der Waals surface area contributed by atoms with Crippen LogP contribution in [-0.2, 0) is 0 Å². The van der Waals surface area contributed by atoms with E-state index in [0.29, 0.717) is 12.5 Å². The molecule has 1 unspecified atom stereocenters. The highest BCUT2D eigenvalue weighted by molar-refractivity contribution is 5.94. The van der Waals surface area contributed by atoms with Crippen LogP contribution in [0.15, 0.2) is 30.3 Å². The summed E-state index contributed by atoms with van der Waals surface area (Å²) >= 11 is 0. The predicted molar refractivity (Wildman–Crippen MR) is 70.8 cm³/mol. The smallest absolute Gasteiger partial charge is 0.251 e. The Hall–Kier alpha value is -1.35. The Morgan fingerprint density at radius 1 is 1.29 bits per heavy atom. The zero-order chi connectivity index (χ0) is 12.5. The highest BCUT2D eigenvalue weighted by Crippen LogP contribution is 2.09. The molecule has 1 aromatic carbocycles. The van der Waals surface area contributed by atoms with Crippen LogP contribution in [0.5, 0.6) is 0 Å². The Balaban J connectivity index is 2.41. The second-order valence-corrected chi connectivity index (χ2v) is 4.31. The standard InChI is InChI=1S/C14H22N2O/c1-2-6-12(9-10-15)11-16-14(17)13-7-4-3-5-8-13/h3-5,7-8,12H,2,6,9-11,15H2,1H3,(H,16,17). The van der Waals surface area contributed by atoms with E-state index in [0.717, 1.165) is 31.4 Å². The summed E-state index contributed by atoms with van der Waals surface area (Å²) in [5.74, 6) is 0.501. The second kappa shape index (κ2) is 7.85. The zero-order valence-corrected chi connectivity index (χ0v) is 10.5. The van der Waals surface area contributed by atoms with Gasteiger partial charge in [0.25, 0.3) is 5.91 Å². The van der Waals surface area contributed by atoms with E-state index in [4.69, 9.17) is 5.73 Å². The maximum atomic E-state index is 11.8. The molecule has 0 bridgehead atoms. The molecule has 0 heterocycles. The van der Waals surface area contributed by atoms with Crippen LogP contribution in [0, 0.1) is 5.92 Å². The molecule has 1 atom stereocenters. The van der Waals surface area contributed by atoms with Crippen LogP contribution in [0.4, 0.5) is 0 Å². The molecule has 0 aliphatic rings. The van der Waals surface area contributed by atoms with Gasteiger partial charge in [-0.3, -0.25) is 4.79 Å². The molecule has 0 aliphatic heterocycles. The first-order chi connectivity index (χ1) is 8.27. The van der Waals surface area contributed by atoms with E-state index in [9.17, 15) is 4.79 Å². The molecule has 3 heteroatoms. The Labute approximate surface area is 103 Å². The van der Waals surface area contributed by atoms with Gasteiger partial charge in [-0.25, -0.2) is 0 Å². The molecule has 3 nitrogen and oxygen atoms in total. The Morgan fingerprint density at radius 3 is 2.59 bits per heavy atom. The lowest BCUT2D eigenvalue weighted by Gasteiger charge is -2.15. The summed E-state index contributed by atoms with van der Waals surface area (Å²) in [6.07, 6.45) is 3.22. The van der Waals surface area contributed by atoms with Gasteiger partial charge in [-0.15, -0.1) is 0 Å². The first kappa shape index (κ1) is 13.7. The van der Waals surface area contributed by atoms with Crippen LogP contribution in [0.1, 0.15) is 36.5 Å². The van der Waals surface area contributed by atoms with E-state index in [2.05, 4.69) is 12.2 Å². The third kappa shape index (κ3) is 5.00. The number of carbonyl (C=O) groups excluding carboxylic acids is 1. The molecule has 1 rings (SSSR count). The fourth-order valence-corrected chi connectivity index (χ4v) is 1.92. The monoisotopic (exact) mass is 234 g/mol. The molecular formula is C14H22N2O. The second-order valence-electron chi connectivity index (χ2n) is 4.31. The molecule has 3 N–H and O–H groups in total. The normalized spacial score (nSPS) is 12.1. The highest BCUT2D eigenvalue weighted by Gasteiger charge is 2.09. The van der Waals surface area contributed by atoms with Gasteiger partial charge in [0.2, 0.25) is 0 Å². The average molecular weight is 234 g/mol. The third-order valence-corrected chi connectivity index (χ3v) is 2.86. The molecule has 17 heavy (non-hydrogen) atoms. The number of amides is 1. The number of nitrogens with one attached hydrogen (secondary N) is 1. The molecule has 94 valence electrons. The molecule has 0 spiro atoms. The fraction of sp³-hybridized carbons (Fsp3) is 0.500. The van der Waals surface area contributed by atoms with Crippen molar-refractivity contribution in [1.29, 1.82) is 0 Å². The van der Waals surface area contributed by atoms with Crippen LogP contribution in [0.25, 0.3) is 0 Å². The zero-order valence-electron chi connectivity index (χ0n) is 10.5. The predicted octanol–water partition coefficient (Wildman–Crippen LogP) is 2.18. The summed E-state index contributed by atoms with van der Waals surface area (Å²) in [5, 5.41) is 2.97. The molecular weight excluding hydrogens is 212 g/mol. The molecule has 0 saturated heterocycles. The quantitative estimate of drug-likeness (QED) is 0.759. The summed E-state index contributed by atoms with van der Waals surface area (Å²) in [6, 6.07) is 9.31. The van der Waals surface area contributed by atoms with Crippen molar-refractivity contribution in [3.05, 3.63) is 35.9 Å². The van der Waals surface area contributed by atoms with E-state index >= 15 is 0 Å². The Kier molecular flexibility index (Phi) is 6.33. The van der Waals surface area contributed by atoms with E-state index in [1.165, 1.54) is 0 Å². The maximum Gasteiger partial charge on any atom is 0.251 e. The topological polar surface area (TPSA) is 55.1 Å². The number of hydrogen-bond acceptors (Lipinski definition) is 2. The lowest BCUT2D eigenvalue weighted by Crippen LogP contribution is -2.30. The van der Waals surface area contributed by atoms with Crippen LogP contribution in [0.3, 0.4) is 0 Å². The number of rotatable bonds is 7. The van der Waals surface area contributed by atoms with Crippen molar-refractivity contribution in [1.82, 2.24) is 5.32 Å². The highest BCUT2D eigenvalue weighted by atomic mass is 16.1. The van der Waals surface area contributed by atoms with Crippen molar-refractivity contribution < 1.29 is 4.79 Å². The molecule has 0 aliphatic carbocycles. The van der Waals surface area contributed by atoms with Gasteiger partial charge in [0.1, 0.15) is 0 Å². The van der Waals surface area contributed by atoms with Crippen molar-refractivity contribution in [3.8, 4) is 0 Å². The van der Waals surface area contributed by atoms with Gasteiger partial charge in [0.05, 0.1) is 0 Å². The number of hydrogen-bond donors (Lipinski definition) is 2.